The maximum atomic E-state index is 13.1. The van der Waals surface area contributed by atoms with Crippen molar-refractivity contribution in [2.45, 2.75) is 25.8 Å². The minimum atomic E-state index is -0.176. The highest BCUT2D eigenvalue weighted by Crippen LogP contribution is 2.32. The molecule has 0 spiro atoms. The molecule has 1 saturated heterocycles. The molecule has 6 nitrogen and oxygen atoms in total. The lowest BCUT2D eigenvalue weighted by Crippen LogP contribution is -2.35. The van der Waals surface area contributed by atoms with E-state index in [1.807, 2.05) is 36.4 Å². The Morgan fingerprint density at radius 2 is 2.07 bits per heavy atom. The number of likely N-dealkylation sites (tertiary alicyclic amines) is 1. The first-order valence-electron chi connectivity index (χ1n) is 10.4. The Bertz CT molecular complexity index is 1240. The smallest absolute Gasteiger partial charge is 0.261 e. The number of pyridine rings is 1. The number of imidazole rings is 1. The highest BCUT2D eigenvalue weighted by atomic mass is 35.5. The lowest BCUT2D eigenvalue weighted by molar-refractivity contribution is 0.277. The van der Waals surface area contributed by atoms with Gasteiger partial charge in [0.25, 0.3) is 5.56 Å². The summed E-state index contributed by atoms with van der Waals surface area (Å²) < 4.78 is 0. The monoisotopic (exact) mass is 421 g/mol. The van der Waals surface area contributed by atoms with Crippen molar-refractivity contribution >= 4 is 39.2 Å². The molecular weight excluding hydrogens is 398 g/mol. The Morgan fingerprint density at radius 3 is 2.90 bits per heavy atom. The fraction of sp³-hybridized carbons (Fsp3) is 0.304. The van der Waals surface area contributed by atoms with Crippen molar-refractivity contribution < 1.29 is 0 Å². The third-order valence-corrected chi connectivity index (χ3v) is 6.26. The molecule has 1 aliphatic rings. The molecule has 3 heterocycles. The van der Waals surface area contributed by atoms with Crippen LogP contribution in [0.15, 0.2) is 47.3 Å². The third-order valence-electron chi connectivity index (χ3n) is 6.02. The van der Waals surface area contributed by atoms with Crippen molar-refractivity contribution in [2.24, 2.45) is 0 Å². The van der Waals surface area contributed by atoms with Gasteiger partial charge in [-0.25, -0.2) is 4.98 Å². The van der Waals surface area contributed by atoms with E-state index in [0.717, 1.165) is 53.7 Å². The molecular formula is C23H24ClN5O. The summed E-state index contributed by atoms with van der Waals surface area (Å²) in [6, 6.07) is 13.8. The number of anilines is 1. The molecule has 0 aliphatic carbocycles. The van der Waals surface area contributed by atoms with Gasteiger partial charge in [-0.15, -0.1) is 0 Å². The Labute approximate surface area is 179 Å². The summed E-state index contributed by atoms with van der Waals surface area (Å²) in [5.41, 5.74) is 3.60. The molecule has 2 aromatic carbocycles. The number of likely N-dealkylation sites (N-methyl/N-ethyl adjacent to an activating group) is 1. The molecule has 7 heteroatoms. The van der Waals surface area contributed by atoms with Gasteiger partial charge in [0, 0.05) is 23.0 Å². The lowest BCUT2D eigenvalue weighted by Gasteiger charge is -2.24. The fourth-order valence-corrected chi connectivity index (χ4v) is 4.68. The van der Waals surface area contributed by atoms with Gasteiger partial charge in [-0.05, 0) is 56.3 Å². The SMILES string of the molecule is CCN1CCC[C@@H]1CNc1c(-c2nc3ccccc3[nH]2)c(=O)[nH]c2ccc(Cl)cc12. The zero-order valence-electron chi connectivity index (χ0n) is 16.8. The molecule has 1 fully saturated rings. The summed E-state index contributed by atoms with van der Waals surface area (Å²) in [6.07, 6.45) is 2.36. The molecule has 30 heavy (non-hydrogen) atoms. The Kier molecular flexibility index (Phi) is 4.97. The van der Waals surface area contributed by atoms with Gasteiger partial charge in [-0.3, -0.25) is 9.69 Å². The van der Waals surface area contributed by atoms with Gasteiger partial charge in [0.05, 0.1) is 22.2 Å². The highest BCUT2D eigenvalue weighted by molar-refractivity contribution is 6.31. The first-order valence-corrected chi connectivity index (χ1v) is 10.8. The van der Waals surface area contributed by atoms with Crippen LogP contribution < -0.4 is 10.9 Å². The summed E-state index contributed by atoms with van der Waals surface area (Å²) in [7, 11) is 0. The number of para-hydroxylation sites is 2. The molecule has 1 aliphatic heterocycles. The highest BCUT2D eigenvalue weighted by Gasteiger charge is 2.24. The van der Waals surface area contributed by atoms with Crippen molar-refractivity contribution in [3.05, 3.63) is 57.8 Å². The van der Waals surface area contributed by atoms with Crippen LogP contribution in [0, 0.1) is 0 Å². The normalized spacial score (nSPS) is 17.2. The topological polar surface area (TPSA) is 76.8 Å². The zero-order chi connectivity index (χ0) is 20.7. The van der Waals surface area contributed by atoms with Gasteiger partial charge in [0.15, 0.2) is 0 Å². The van der Waals surface area contributed by atoms with Gasteiger partial charge in [0.2, 0.25) is 0 Å². The van der Waals surface area contributed by atoms with Gasteiger partial charge < -0.3 is 15.3 Å². The van der Waals surface area contributed by atoms with Crippen LogP contribution in [0.4, 0.5) is 5.69 Å². The van der Waals surface area contributed by atoms with E-state index in [2.05, 4.69) is 32.1 Å². The molecule has 4 aromatic rings. The van der Waals surface area contributed by atoms with E-state index in [0.29, 0.717) is 22.5 Å². The lowest BCUT2D eigenvalue weighted by atomic mass is 10.1. The number of hydrogen-bond acceptors (Lipinski definition) is 4. The van der Waals surface area contributed by atoms with Crippen LogP contribution in [0.5, 0.6) is 0 Å². The van der Waals surface area contributed by atoms with Crippen LogP contribution in [0.25, 0.3) is 33.3 Å². The zero-order valence-corrected chi connectivity index (χ0v) is 17.6. The maximum Gasteiger partial charge on any atom is 0.261 e. The van der Waals surface area contributed by atoms with Crippen molar-refractivity contribution in [3.8, 4) is 11.4 Å². The van der Waals surface area contributed by atoms with Gasteiger partial charge in [0.1, 0.15) is 11.4 Å². The summed E-state index contributed by atoms with van der Waals surface area (Å²) in [4.78, 5) is 26.6. The number of hydrogen-bond donors (Lipinski definition) is 3. The molecule has 2 aromatic heterocycles. The number of H-pyrrole nitrogens is 2. The molecule has 0 amide bonds. The first kappa shape index (κ1) is 19.2. The average molecular weight is 422 g/mol. The molecule has 3 N–H and O–H groups in total. The standard InChI is InChI=1S/C23H24ClN5O/c1-2-29-11-5-6-15(29)13-25-21-16-12-14(24)9-10-17(16)28-23(30)20(21)22-26-18-7-3-4-8-19(18)27-22/h3-4,7-10,12,15H,2,5-6,11,13H2,1H3,(H,26,27)(H2,25,28,30)/t15-/m1/s1. The summed E-state index contributed by atoms with van der Waals surface area (Å²) in [5.74, 6) is 0.556. The number of fused-ring (bicyclic) bond motifs is 2. The maximum absolute atomic E-state index is 13.1. The van der Waals surface area contributed by atoms with Crippen molar-refractivity contribution in [2.75, 3.05) is 25.0 Å². The predicted octanol–water partition coefficient (Wildman–Crippen LogP) is 4.62. The number of rotatable bonds is 5. The molecule has 0 radical (unpaired) electrons. The van der Waals surface area contributed by atoms with E-state index < -0.39 is 0 Å². The molecule has 154 valence electrons. The van der Waals surface area contributed by atoms with Crippen LogP contribution in [-0.4, -0.2) is 45.5 Å². The molecule has 5 rings (SSSR count). The molecule has 0 saturated carbocycles. The number of nitrogens with zero attached hydrogens (tertiary/aromatic N) is 2. The minimum absolute atomic E-state index is 0.176. The second kappa shape index (κ2) is 7.78. The van der Waals surface area contributed by atoms with Crippen LogP contribution >= 0.6 is 11.6 Å². The van der Waals surface area contributed by atoms with Crippen molar-refractivity contribution in [3.63, 3.8) is 0 Å². The molecule has 1 atom stereocenters. The van der Waals surface area contributed by atoms with E-state index in [1.165, 1.54) is 6.42 Å². The Hall–Kier alpha value is -2.83. The van der Waals surface area contributed by atoms with Crippen LogP contribution in [0.3, 0.4) is 0 Å². The van der Waals surface area contributed by atoms with Crippen molar-refractivity contribution in [1.29, 1.82) is 0 Å². The van der Waals surface area contributed by atoms with Gasteiger partial charge in [-0.2, -0.15) is 0 Å². The second-order valence-electron chi connectivity index (χ2n) is 7.80. The molecule has 0 unspecified atom stereocenters. The number of aromatic amines is 2. The Morgan fingerprint density at radius 1 is 1.20 bits per heavy atom. The number of aromatic nitrogens is 3. The van der Waals surface area contributed by atoms with E-state index >= 15 is 0 Å². The quantitative estimate of drug-likeness (QED) is 0.439. The van der Waals surface area contributed by atoms with E-state index in [1.54, 1.807) is 6.07 Å². The van der Waals surface area contributed by atoms with Crippen molar-refractivity contribution in [1.82, 2.24) is 19.9 Å². The summed E-state index contributed by atoms with van der Waals surface area (Å²) in [5, 5.41) is 5.11. The Balaban J connectivity index is 1.66. The fourth-order valence-electron chi connectivity index (χ4n) is 4.51. The summed E-state index contributed by atoms with van der Waals surface area (Å²) in [6.45, 7) is 5.12. The predicted molar refractivity (Wildman–Crippen MR) is 123 cm³/mol. The summed E-state index contributed by atoms with van der Waals surface area (Å²) >= 11 is 6.31. The van der Waals surface area contributed by atoms with E-state index in [9.17, 15) is 4.79 Å². The van der Waals surface area contributed by atoms with Gasteiger partial charge in [-0.1, -0.05) is 30.7 Å². The molecule has 0 bridgehead atoms. The third kappa shape index (κ3) is 3.36. The first-order chi connectivity index (χ1) is 14.6. The average Bonchev–Trinajstić information content (AvgIpc) is 3.38. The number of nitrogens with one attached hydrogen (secondary N) is 3. The number of benzene rings is 2. The van der Waals surface area contributed by atoms with E-state index in [4.69, 9.17) is 11.6 Å². The number of halogens is 1. The van der Waals surface area contributed by atoms with Crippen LogP contribution in [-0.2, 0) is 0 Å². The minimum Gasteiger partial charge on any atom is -0.382 e. The van der Waals surface area contributed by atoms with Crippen LogP contribution in [0.2, 0.25) is 5.02 Å². The second-order valence-corrected chi connectivity index (χ2v) is 8.24. The van der Waals surface area contributed by atoms with Gasteiger partial charge >= 0.3 is 0 Å². The largest absolute Gasteiger partial charge is 0.382 e. The van der Waals surface area contributed by atoms with Crippen LogP contribution in [0.1, 0.15) is 19.8 Å². The van der Waals surface area contributed by atoms with E-state index in [-0.39, 0.29) is 5.56 Å².